The highest BCUT2D eigenvalue weighted by Crippen LogP contribution is 2.38. The standard InChI is InChI=1S/C14H14N2O3S/c1-18-11-4-3-10(9-12(11)19-2)14(17,5-6-15)13-16-7-8-20-13/h3-4,7-9,17H,5H2,1-2H3. The van der Waals surface area contributed by atoms with Gasteiger partial charge in [0.25, 0.3) is 0 Å². The SMILES string of the molecule is COc1ccc(C(O)(CC#N)c2nccs2)cc1OC. The Morgan fingerprint density at radius 3 is 2.65 bits per heavy atom. The van der Waals surface area contributed by atoms with Crippen molar-refractivity contribution in [1.29, 1.82) is 5.26 Å². The third-order valence-corrected chi connectivity index (χ3v) is 3.91. The van der Waals surface area contributed by atoms with Crippen molar-refractivity contribution in [2.24, 2.45) is 0 Å². The van der Waals surface area contributed by atoms with Gasteiger partial charge in [-0.05, 0) is 17.7 Å². The minimum Gasteiger partial charge on any atom is -0.493 e. The molecule has 5 nitrogen and oxygen atoms in total. The van der Waals surface area contributed by atoms with E-state index in [0.717, 1.165) is 0 Å². The first-order chi connectivity index (χ1) is 9.65. The maximum absolute atomic E-state index is 10.9. The van der Waals surface area contributed by atoms with E-state index < -0.39 is 5.60 Å². The Balaban J connectivity index is 2.53. The molecule has 1 aromatic heterocycles. The minimum absolute atomic E-state index is 0.0873. The number of nitrogens with zero attached hydrogens (tertiary/aromatic N) is 2. The zero-order valence-electron chi connectivity index (χ0n) is 11.2. The van der Waals surface area contributed by atoms with Crippen molar-refractivity contribution in [3.05, 3.63) is 40.3 Å². The fourth-order valence-electron chi connectivity index (χ4n) is 1.94. The van der Waals surface area contributed by atoms with E-state index in [0.29, 0.717) is 22.1 Å². The van der Waals surface area contributed by atoms with Gasteiger partial charge >= 0.3 is 0 Å². The highest BCUT2D eigenvalue weighted by Gasteiger charge is 2.35. The molecule has 1 aromatic carbocycles. The van der Waals surface area contributed by atoms with Crippen LogP contribution in [-0.4, -0.2) is 24.3 Å². The maximum atomic E-state index is 10.9. The van der Waals surface area contributed by atoms with Crippen LogP contribution in [0.1, 0.15) is 17.0 Å². The summed E-state index contributed by atoms with van der Waals surface area (Å²) < 4.78 is 10.4. The van der Waals surface area contributed by atoms with Crippen molar-refractivity contribution in [2.75, 3.05) is 14.2 Å². The largest absolute Gasteiger partial charge is 0.493 e. The summed E-state index contributed by atoms with van der Waals surface area (Å²) in [5, 5.41) is 22.1. The second-order valence-corrected chi connectivity index (χ2v) is 5.00. The van der Waals surface area contributed by atoms with Crippen molar-refractivity contribution >= 4 is 11.3 Å². The minimum atomic E-state index is -1.44. The summed E-state index contributed by atoms with van der Waals surface area (Å²) in [5.74, 6) is 1.06. The zero-order chi connectivity index (χ0) is 14.6. The first-order valence-electron chi connectivity index (χ1n) is 5.87. The van der Waals surface area contributed by atoms with Gasteiger partial charge in [-0.3, -0.25) is 0 Å². The topological polar surface area (TPSA) is 75.4 Å². The number of hydrogen-bond donors (Lipinski definition) is 1. The van der Waals surface area contributed by atoms with E-state index in [1.807, 2.05) is 6.07 Å². The normalized spacial score (nSPS) is 13.3. The summed E-state index contributed by atoms with van der Waals surface area (Å²) in [7, 11) is 3.06. The van der Waals surface area contributed by atoms with Crippen LogP contribution in [0, 0.1) is 11.3 Å². The Morgan fingerprint density at radius 2 is 2.10 bits per heavy atom. The lowest BCUT2D eigenvalue weighted by atomic mass is 9.91. The zero-order valence-corrected chi connectivity index (χ0v) is 12.0. The molecule has 0 saturated carbocycles. The lowest BCUT2D eigenvalue weighted by Gasteiger charge is -2.24. The Kier molecular flexibility index (Phi) is 4.23. The Bertz CT molecular complexity index is 622. The van der Waals surface area contributed by atoms with Crippen LogP contribution in [0.4, 0.5) is 0 Å². The molecule has 0 aliphatic heterocycles. The molecular formula is C14H14N2O3S. The first kappa shape index (κ1) is 14.3. The highest BCUT2D eigenvalue weighted by atomic mass is 32.1. The third kappa shape index (κ3) is 2.46. The number of ether oxygens (including phenoxy) is 2. The molecule has 1 atom stereocenters. The molecule has 0 saturated heterocycles. The van der Waals surface area contributed by atoms with E-state index in [9.17, 15) is 5.11 Å². The van der Waals surface area contributed by atoms with Gasteiger partial charge in [0.15, 0.2) is 17.1 Å². The van der Waals surface area contributed by atoms with E-state index in [-0.39, 0.29) is 6.42 Å². The Labute approximate surface area is 121 Å². The Hall–Kier alpha value is -2.10. The number of benzene rings is 1. The van der Waals surface area contributed by atoms with Crippen LogP contribution in [0.3, 0.4) is 0 Å². The van der Waals surface area contributed by atoms with Crippen molar-refractivity contribution < 1.29 is 14.6 Å². The molecule has 2 aromatic rings. The second-order valence-electron chi connectivity index (χ2n) is 4.10. The molecule has 1 N–H and O–H groups in total. The molecule has 0 bridgehead atoms. The Morgan fingerprint density at radius 1 is 1.35 bits per heavy atom. The van der Waals surface area contributed by atoms with E-state index >= 15 is 0 Å². The number of hydrogen-bond acceptors (Lipinski definition) is 6. The van der Waals surface area contributed by atoms with Gasteiger partial charge in [0.1, 0.15) is 5.01 Å². The number of aliphatic hydroxyl groups is 1. The van der Waals surface area contributed by atoms with Crippen molar-refractivity contribution in [3.8, 4) is 17.6 Å². The van der Waals surface area contributed by atoms with Crippen LogP contribution < -0.4 is 9.47 Å². The first-order valence-corrected chi connectivity index (χ1v) is 6.75. The third-order valence-electron chi connectivity index (χ3n) is 2.98. The number of methoxy groups -OCH3 is 2. The van der Waals surface area contributed by atoms with Gasteiger partial charge in [0.2, 0.25) is 0 Å². The molecule has 0 aliphatic rings. The van der Waals surface area contributed by atoms with Crippen molar-refractivity contribution in [1.82, 2.24) is 4.98 Å². The van der Waals surface area contributed by atoms with Gasteiger partial charge < -0.3 is 14.6 Å². The molecule has 1 unspecified atom stereocenters. The molecular weight excluding hydrogens is 276 g/mol. The van der Waals surface area contributed by atoms with Crippen LogP contribution in [0.2, 0.25) is 0 Å². The van der Waals surface area contributed by atoms with Crippen LogP contribution in [-0.2, 0) is 5.60 Å². The predicted octanol–water partition coefficient (Wildman–Crippen LogP) is 2.31. The molecule has 0 spiro atoms. The van der Waals surface area contributed by atoms with Gasteiger partial charge in [-0.15, -0.1) is 11.3 Å². The fraction of sp³-hybridized carbons (Fsp3) is 0.286. The van der Waals surface area contributed by atoms with Crippen LogP contribution in [0.15, 0.2) is 29.8 Å². The van der Waals surface area contributed by atoms with Crippen LogP contribution >= 0.6 is 11.3 Å². The van der Waals surface area contributed by atoms with Gasteiger partial charge in [0, 0.05) is 11.6 Å². The molecule has 2 rings (SSSR count). The molecule has 0 aliphatic carbocycles. The number of aromatic nitrogens is 1. The molecule has 20 heavy (non-hydrogen) atoms. The van der Waals surface area contributed by atoms with Crippen LogP contribution in [0.25, 0.3) is 0 Å². The number of rotatable bonds is 5. The van der Waals surface area contributed by atoms with E-state index in [1.54, 1.807) is 36.9 Å². The lowest BCUT2D eigenvalue weighted by molar-refractivity contribution is 0.0853. The average Bonchev–Trinajstić information content (AvgIpc) is 3.01. The molecule has 0 radical (unpaired) electrons. The maximum Gasteiger partial charge on any atom is 0.161 e. The lowest BCUT2D eigenvalue weighted by Crippen LogP contribution is -2.26. The summed E-state index contributed by atoms with van der Waals surface area (Å²) in [6.07, 6.45) is 1.51. The van der Waals surface area contributed by atoms with E-state index in [2.05, 4.69) is 4.98 Å². The van der Waals surface area contributed by atoms with E-state index in [1.165, 1.54) is 18.4 Å². The van der Waals surface area contributed by atoms with E-state index in [4.69, 9.17) is 14.7 Å². The molecule has 104 valence electrons. The summed E-state index contributed by atoms with van der Waals surface area (Å²) in [4.78, 5) is 4.13. The average molecular weight is 290 g/mol. The molecule has 0 amide bonds. The van der Waals surface area contributed by atoms with Gasteiger partial charge in [-0.1, -0.05) is 6.07 Å². The smallest absolute Gasteiger partial charge is 0.161 e. The quantitative estimate of drug-likeness (QED) is 0.914. The second kappa shape index (κ2) is 5.90. The van der Waals surface area contributed by atoms with Crippen molar-refractivity contribution in [2.45, 2.75) is 12.0 Å². The fourth-order valence-corrected chi connectivity index (χ4v) is 2.69. The summed E-state index contributed by atoms with van der Waals surface area (Å²) in [5.41, 5.74) is -0.894. The summed E-state index contributed by atoms with van der Waals surface area (Å²) in [6.45, 7) is 0. The number of nitriles is 1. The summed E-state index contributed by atoms with van der Waals surface area (Å²) >= 11 is 1.30. The monoisotopic (exact) mass is 290 g/mol. The molecule has 0 fully saturated rings. The van der Waals surface area contributed by atoms with Gasteiger partial charge in [-0.2, -0.15) is 5.26 Å². The molecule has 6 heteroatoms. The predicted molar refractivity (Wildman–Crippen MR) is 74.9 cm³/mol. The molecule has 1 heterocycles. The highest BCUT2D eigenvalue weighted by molar-refractivity contribution is 7.09. The van der Waals surface area contributed by atoms with Gasteiger partial charge in [-0.25, -0.2) is 4.98 Å². The van der Waals surface area contributed by atoms with Crippen LogP contribution in [0.5, 0.6) is 11.5 Å². The summed E-state index contributed by atoms with van der Waals surface area (Å²) in [6, 6.07) is 7.08. The van der Waals surface area contributed by atoms with Crippen molar-refractivity contribution in [3.63, 3.8) is 0 Å². The van der Waals surface area contributed by atoms with Gasteiger partial charge in [0.05, 0.1) is 26.7 Å². The number of thiazole rings is 1.